The molecule has 2 aromatic carbocycles. The third-order valence-corrected chi connectivity index (χ3v) is 4.68. The van der Waals surface area contributed by atoms with E-state index in [2.05, 4.69) is 19.2 Å². The second-order valence-corrected chi connectivity index (χ2v) is 7.09. The van der Waals surface area contributed by atoms with E-state index >= 15 is 0 Å². The third kappa shape index (κ3) is 5.33. The average Bonchev–Trinajstić information content (AvgIpc) is 2.58. The molecule has 4 nitrogen and oxygen atoms in total. The Kier molecular flexibility index (Phi) is 6.81. The van der Waals surface area contributed by atoms with E-state index < -0.39 is 0 Å². The number of carbonyl (C=O) groups is 2. The van der Waals surface area contributed by atoms with Crippen LogP contribution in [0.2, 0.25) is 5.02 Å². The van der Waals surface area contributed by atoms with Gasteiger partial charge in [0.05, 0.1) is 0 Å². The largest absolute Gasteiger partial charge is 0.326 e. The lowest BCUT2D eigenvalue weighted by atomic mass is 10.0. The number of amides is 2. The molecule has 0 aromatic heterocycles. The summed E-state index contributed by atoms with van der Waals surface area (Å²) in [6, 6.07) is 13.3. The summed E-state index contributed by atoms with van der Waals surface area (Å²) in [6.07, 6.45) is 0.205. The number of nitrogens with one attached hydrogen (secondary N) is 1. The predicted octanol–water partition coefficient (Wildman–Crippen LogP) is 5.15. The van der Waals surface area contributed by atoms with Crippen LogP contribution in [0.15, 0.2) is 42.5 Å². The van der Waals surface area contributed by atoms with Crippen LogP contribution < -0.4 is 10.2 Å². The molecule has 1 N–H and O–H groups in total. The summed E-state index contributed by atoms with van der Waals surface area (Å²) >= 11 is 6.08. The molecule has 0 atom stereocenters. The number of halogens is 1. The fourth-order valence-corrected chi connectivity index (χ4v) is 2.80. The number of hydrogen-bond donors (Lipinski definition) is 1. The van der Waals surface area contributed by atoms with Gasteiger partial charge in [-0.05, 0) is 48.2 Å². The molecule has 0 aliphatic rings. The highest BCUT2D eigenvalue weighted by molar-refractivity contribution is 6.31. The average molecular weight is 373 g/mol. The fourth-order valence-electron chi connectivity index (χ4n) is 2.61. The lowest BCUT2D eigenvalue weighted by Crippen LogP contribution is -2.31. The van der Waals surface area contributed by atoms with Gasteiger partial charge >= 0.3 is 0 Å². The number of hydrogen-bond acceptors (Lipinski definition) is 2. The Hall–Kier alpha value is -2.33. The van der Waals surface area contributed by atoms with Crippen molar-refractivity contribution in [2.75, 3.05) is 16.8 Å². The van der Waals surface area contributed by atoms with Crippen molar-refractivity contribution in [3.05, 3.63) is 58.6 Å². The molecule has 0 radical (unpaired) electrons. The van der Waals surface area contributed by atoms with Gasteiger partial charge in [-0.15, -0.1) is 0 Å². The highest BCUT2D eigenvalue weighted by Gasteiger charge is 2.14. The van der Waals surface area contributed by atoms with Crippen LogP contribution in [0.3, 0.4) is 0 Å². The molecule has 2 aromatic rings. The first kappa shape index (κ1) is 20.0. The summed E-state index contributed by atoms with van der Waals surface area (Å²) in [5.74, 6) is 0.186. The first-order valence-corrected chi connectivity index (χ1v) is 9.09. The number of nitrogens with zero attached hydrogens (tertiary/aromatic N) is 1. The van der Waals surface area contributed by atoms with Crippen molar-refractivity contribution in [3.8, 4) is 0 Å². The highest BCUT2D eigenvalue weighted by atomic mass is 35.5. The molecule has 0 saturated carbocycles. The molecule has 0 fully saturated rings. The van der Waals surface area contributed by atoms with Crippen LogP contribution in [0.5, 0.6) is 0 Å². The Balaban J connectivity index is 2.00. The molecule has 0 aliphatic heterocycles. The zero-order valence-corrected chi connectivity index (χ0v) is 16.4. The maximum Gasteiger partial charge on any atom is 0.226 e. The topological polar surface area (TPSA) is 49.4 Å². The molecule has 0 aliphatic carbocycles. The first-order chi connectivity index (χ1) is 12.3. The molecule has 138 valence electrons. The lowest BCUT2D eigenvalue weighted by molar-refractivity contribution is -0.117. The predicted molar refractivity (Wildman–Crippen MR) is 108 cm³/mol. The molecule has 0 spiro atoms. The van der Waals surface area contributed by atoms with Crippen molar-refractivity contribution < 1.29 is 9.59 Å². The van der Waals surface area contributed by atoms with E-state index in [1.54, 1.807) is 11.0 Å². The van der Waals surface area contributed by atoms with Crippen molar-refractivity contribution in [2.45, 2.75) is 40.0 Å². The van der Waals surface area contributed by atoms with Crippen LogP contribution in [0.25, 0.3) is 0 Å². The zero-order chi connectivity index (χ0) is 19.3. The van der Waals surface area contributed by atoms with E-state index in [9.17, 15) is 9.59 Å². The standard InChI is InChI=1S/C21H25ClN2O2/c1-14(2)17-6-9-19(10-7-17)24(16(4)25)12-11-21(26)23-18-8-5-15(3)20(22)13-18/h5-10,13-14H,11-12H2,1-4H3,(H,23,26). The Bertz CT molecular complexity index is 785. The van der Waals surface area contributed by atoms with Crippen LogP contribution in [-0.4, -0.2) is 18.4 Å². The van der Waals surface area contributed by atoms with Gasteiger partial charge in [-0.1, -0.05) is 43.6 Å². The maximum absolute atomic E-state index is 12.2. The van der Waals surface area contributed by atoms with Crippen LogP contribution in [0.1, 0.15) is 44.2 Å². The van der Waals surface area contributed by atoms with E-state index in [-0.39, 0.29) is 18.2 Å². The normalized spacial score (nSPS) is 10.7. The van der Waals surface area contributed by atoms with Gasteiger partial charge in [-0.2, -0.15) is 0 Å². The maximum atomic E-state index is 12.2. The lowest BCUT2D eigenvalue weighted by Gasteiger charge is -2.21. The minimum Gasteiger partial charge on any atom is -0.326 e. The molecule has 0 saturated heterocycles. The van der Waals surface area contributed by atoms with E-state index in [1.807, 2.05) is 43.3 Å². The van der Waals surface area contributed by atoms with Crippen molar-refractivity contribution in [2.24, 2.45) is 0 Å². The Morgan fingerprint density at radius 1 is 1.12 bits per heavy atom. The minimum atomic E-state index is -0.157. The number of carbonyl (C=O) groups excluding carboxylic acids is 2. The number of benzene rings is 2. The summed E-state index contributed by atoms with van der Waals surface area (Å²) < 4.78 is 0. The Labute approximate surface area is 160 Å². The van der Waals surface area contributed by atoms with Crippen molar-refractivity contribution in [3.63, 3.8) is 0 Å². The fraction of sp³-hybridized carbons (Fsp3) is 0.333. The Morgan fingerprint density at radius 3 is 2.31 bits per heavy atom. The first-order valence-electron chi connectivity index (χ1n) is 8.72. The van der Waals surface area contributed by atoms with E-state index in [1.165, 1.54) is 12.5 Å². The second-order valence-electron chi connectivity index (χ2n) is 6.68. The summed E-state index contributed by atoms with van der Waals surface area (Å²) in [7, 11) is 0. The van der Waals surface area contributed by atoms with Crippen molar-refractivity contribution in [1.82, 2.24) is 0 Å². The van der Waals surface area contributed by atoms with Crippen LogP contribution in [0.4, 0.5) is 11.4 Å². The highest BCUT2D eigenvalue weighted by Crippen LogP contribution is 2.22. The summed E-state index contributed by atoms with van der Waals surface area (Å²) in [6.45, 7) is 7.98. The van der Waals surface area contributed by atoms with Crippen LogP contribution >= 0.6 is 11.6 Å². The summed E-state index contributed by atoms with van der Waals surface area (Å²) in [5.41, 5.74) is 3.62. The van der Waals surface area contributed by atoms with Gasteiger partial charge in [-0.3, -0.25) is 9.59 Å². The third-order valence-electron chi connectivity index (χ3n) is 4.27. The molecule has 2 amide bonds. The smallest absolute Gasteiger partial charge is 0.226 e. The van der Waals surface area contributed by atoms with Gasteiger partial charge in [0.2, 0.25) is 11.8 Å². The van der Waals surface area contributed by atoms with Gasteiger partial charge in [0.15, 0.2) is 0 Å². The number of rotatable bonds is 6. The SMILES string of the molecule is CC(=O)N(CCC(=O)Nc1ccc(C)c(Cl)c1)c1ccc(C(C)C)cc1. The monoisotopic (exact) mass is 372 g/mol. The van der Waals surface area contributed by atoms with Crippen molar-refractivity contribution in [1.29, 1.82) is 0 Å². The van der Waals surface area contributed by atoms with Gasteiger partial charge in [0.1, 0.15) is 0 Å². The quantitative estimate of drug-likeness (QED) is 0.761. The van der Waals surface area contributed by atoms with Crippen LogP contribution in [-0.2, 0) is 9.59 Å². The van der Waals surface area contributed by atoms with E-state index in [0.29, 0.717) is 23.2 Å². The minimum absolute atomic E-state index is 0.0894. The molecule has 26 heavy (non-hydrogen) atoms. The van der Waals surface area contributed by atoms with E-state index in [4.69, 9.17) is 11.6 Å². The summed E-state index contributed by atoms with van der Waals surface area (Å²) in [4.78, 5) is 25.8. The summed E-state index contributed by atoms with van der Waals surface area (Å²) in [5, 5.41) is 3.43. The molecular formula is C21H25ClN2O2. The Morgan fingerprint density at radius 2 is 1.77 bits per heavy atom. The van der Waals surface area contributed by atoms with Gasteiger partial charge in [-0.25, -0.2) is 0 Å². The molecule has 2 rings (SSSR count). The van der Waals surface area contributed by atoms with Gasteiger partial charge in [0.25, 0.3) is 0 Å². The van der Waals surface area contributed by atoms with Crippen molar-refractivity contribution >= 4 is 34.8 Å². The van der Waals surface area contributed by atoms with E-state index in [0.717, 1.165) is 11.3 Å². The number of aryl methyl sites for hydroxylation is 1. The molecule has 0 bridgehead atoms. The molecule has 0 unspecified atom stereocenters. The van der Waals surface area contributed by atoms with Gasteiger partial charge < -0.3 is 10.2 Å². The molecule has 5 heteroatoms. The number of anilines is 2. The van der Waals surface area contributed by atoms with Crippen LogP contribution in [0, 0.1) is 6.92 Å². The zero-order valence-electron chi connectivity index (χ0n) is 15.7. The molecular weight excluding hydrogens is 348 g/mol. The van der Waals surface area contributed by atoms with Gasteiger partial charge in [0, 0.05) is 36.3 Å². The molecule has 0 heterocycles. The second kappa shape index (κ2) is 8.86.